The van der Waals surface area contributed by atoms with Gasteiger partial charge in [0.1, 0.15) is 19.2 Å². The third-order valence-corrected chi connectivity index (χ3v) is 21.5. The first kappa shape index (κ1) is 36.5. The molecule has 294 valence electrons. The van der Waals surface area contributed by atoms with Crippen molar-refractivity contribution in [3.05, 3.63) is 212 Å². The molecule has 62 heavy (non-hydrogen) atoms. The lowest BCUT2D eigenvalue weighted by Crippen LogP contribution is -2.74. The molecule has 0 fully saturated rings. The normalized spacial score (nSPS) is 13.4. The monoisotopic (exact) mass is 827 g/mol. The maximum Gasteiger partial charge on any atom is 0.246 e. The summed E-state index contributed by atoms with van der Waals surface area (Å²) in [5.41, 5.74) is 9.50. The summed E-state index contributed by atoms with van der Waals surface area (Å²) in [6.45, 7) is 4.94. The molecular formula is C56H41N3OSi2. The van der Waals surface area contributed by atoms with Gasteiger partial charge in [-0.1, -0.05) is 183 Å². The summed E-state index contributed by atoms with van der Waals surface area (Å²) >= 11 is 0. The number of anilines is 3. The molecule has 1 aliphatic rings. The minimum atomic E-state index is -2.72. The third kappa shape index (κ3) is 5.43. The van der Waals surface area contributed by atoms with Crippen molar-refractivity contribution in [2.45, 2.75) is 13.1 Å². The van der Waals surface area contributed by atoms with Crippen molar-refractivity contribution in [2.75, 3.05) is 4.90 Å². The minimum absolute atomic E-state index is 0.544. The lowest BCUT2D eigenvalue weighted by molar-refractivity contribution is 0.656. The molecule has 0 radical (unpaired) electrons. The van der Waals surface area contributed by atoms with E-state index in [0.29, 0.717) is 5.71 Å². The Labute approximate surface area is 362 Å². The average molecular weight is 828 g/mol. The van der Waals surface area contributed by atoms with Gasteiger partial charge in [0.05, 0.1) is 16.4 Å². The SMILES string of the molecule is C[Si]1(C)c2ccccc2N(c2ccc3c(c2)cc(-c2ccc([Si](c4ccccc4)(c4ccccc4)c4ccccc4)cc2)c2oc4nc5ccccc5nc4c23)c2ccccc21. The van der Waals surface area contributed by atoms with E-state index in [4.69, 9.17) is 14.4 Å². The Hall–Kier alpha value is -7.39. The van der Waals surface area contributed by atoms with Crippen LogP contribution in [0.4, 0.5) is 17.1 Å². The molecule has 0 saturated carbocycles. The molecule has 4 nitrogen and oxygen atoms in total. The number of fused-ring (bicyclic) bond motifs is 8. The van der Waals surface area contributed by atoms with Crippen LogP contribution < -0.4 is 36.0 Å². The number of rotatable bonds is 6. The Balaban J connectivity index is 1.10. The second-order valence-electron chi connectivity index (χ2n) is 16.9. The van der Waals surface area contributed by atoms with E-state index >= 15 is 0 Å². The van der Waals surface area contributed by atoms with Gasteiger partial charge in [-0.2, -0.15) is 0 Å². The number of nitrogens with zero attached hydrogens (tertiary/aromatic N) is 3. The van der Waals surface area contributed by atoms with Crippen LogP contribution in [-0.4, -0.2) is 26.1 Å². The highest BCUT2D eigenvalue weighted by atomic mass is 28.3. The second kappa shape index (κ2) is 14.1. The first-order valence-electron chi connectivity index (χ1n) is 21.3. The predicted molar refractivity (Wildman–Crippen MR) is 265 cm³/mol. The van der Waals surface area contributed by atoms with E-state index in [2.05, 4.69) is 206 Å². The fraction of sp³-hybridized carbons (Fsp3) is 0.0357. The largest absolute Gasteiger partial charge is 0.436 e. The van der Waals surface area contributed by atoms with Gasteiger partial charge in [-0.15, -0.1) is 0 Å². The van der Waals surface area contributed by atoms with Crippen molar-refractivity contribution in [3.63, 3.8) is 0 Å². The van der Waals surface area contributed by atoms with Gasteiger partial charge in [0.25, 0.3) is 0 Å². The molecule has 0 saturated heterocycles. The highest BCUT2D eigenvalue weighted by Crippen LogP contribution is 2.44. The molecular weight excluding hydrogens is 787 g/mol. The minimum Gasteiger partial charge on any atom is -0.436 e. The number of hydrogen-bond donors (Lipinski definition) is 0. The molecule has 11 aromatic rings. The van der Waals surface area contributed by atoms with Crippen LogP contribution in [0.15, 0.2) is 217 Å². The Kier molecular flexibility index (Phi) is 8.29. The lowest BCUT2D eigenvalue weighted by Gasteiger charge is -2.41. The van der Waals surface area contributed by atoms with Crippen LogP contribution in [0.1, 0.15) is 0 Å². The molecule has 6 heteroatoms. The van der Waals surface area contributed by atoms with Crippen molar-refractivity contribution in [1.82, 2.24) is 9.97 Å². The van der Waals surface area contributed by atoms with Crippen LogP contribution in [-0.2, 0) is 0 Å². The van der Waals surface area contributed by atoms with E-state index in [1.54, 1.807) is 0 Å². The summed E-state index contributed by atoms with van der Waals surface area (Å²) in [5.74, 6) is 0. The zero-order chi connectivity index (χ0) is 41.4. The van der Waals surface area contributed by atoms with Crippen LogP contribution >= 0.6 is 0 Å². The fourth-order valence-electron chi connectivity index (χ4n) is 10.3. The lowest BCUT2D eigenvalue weighted by atomic mass is 9.96. The fourth-order valence-corrected chi connectivity index (χ4v) is 18.0. The third-order valence-electron chi connectivity index (χ3n) is 13.2. The van der Waals surface area contributed by atoms with E-state index in [1.807, 2.05) is 24.3 Å². The summed E-state index contributed by atoms with van der Waals surface area (Å²) in [6, 6.07) is 77.8. The Morgan fingerprint density at radius 1 is 0.484 bits per heavy atom. The van der Waals surface area contributed by atoms with E-state index in [9.17, 15) is 0 Å². The maximum atomic E-state index is 6.85. The number of para-hydroxylation sites is 4. The zero-order valence-electron chi connectivity index (χ0n) is 34.5. The smallest absolute Gasteiger partial charge is 0.246 e. The molecule has 0 bridgehead atoms. The van der Waals surface area contributed by atoms with Crippen LogP contribution in [0.5, 0.6) is 0 Å². The predicted octanol–water partition coefficient (Wildman–Crippen LogP) is 10.3. The van der Waals surface area contributed by atoms with E-state index in [-0.39, 0.29) is 0 Å². The van der Waals surface area contributed by atoms with Gasteiger partial charge < -0.3 is 9.32 Å². The van der Waals surface area contributed by atoms with E-state index in [1.165, 1.54) is 42.5 Å². The molecule has 9 aromatic carbocycles. The summed E-state index contributed by atoms with van der Waals surface area (Å²) in [4.78, 5) is 12.7. The van der Waals surface area contributed by atoms with Crippen molar-refractivity contribution in [3.8, 4) is 11.1 Å². The Bertz CT molecular complexity index is 3350. The number of aromatic nitrogens is 2. The van der Waals surface area contributed by atoms with Gasteiger partial charge in [0.2, 0.25) is 5.71 Å². The van der Waals surface area contributed by atoms with Crippen molar-refractivity contribution in [2.24, 2.45) is 0 Å². The molecule has 1 aliphatic heterocycles. The van der Waals surface area contributed by atoms with Gasteiger partial charge in [0, 0.05) is 22.6 Å². The number of benzene rings is 9. The molecule has 2 aromatic heterocycles. The van der Waals surface area contributed by atoms with Crippen molar-refractivity contribution >= 4 is 108 Å². The average Bonchev–Trinajstić information content (AvgIpc) is 3.70. The van der Waals surface area contributed by atoms with Crippen LogP contribution in [0.25, 0.3) is 55.1 Å². The Morgan fingerprint density at radius 2 is 0.984 bits per heavy atom. The molecule has 0 aliphatic carbocycles. The van der Waals surface area contributed by atoms with Crippen LogP contribution in [0.3, 0.4) is 0 Å². The summed E-state index contributed by atoms with van der Waals surface area (Å²) < 4.78 is 6.85. The highest BCUT2D eigenvalue weighted by molar-refractivity contribution is 7.19. The summed E-state index contributed by atoms with van der Waals surface area (Å²) in [6.07, 6.45) is 0. The standard InChI is InChI=1S/C56H41N3OSi2/c1-61(2)51-28-16-14-26-49(51)59(50-27-15-17-29-52(50)61)40-32-35-45-39(36-40)37-46(55-53(45)54-56(60-55)58-48-25-13-12-24-47(48)57-54)38-30-33-44(34-31-38)62(41-18-6-3-7-19-41,42-20-8-4-9-21-42)43-22-10-5-11-23-43/h3-37H,1-2H3. The quantitative estimate of drug-likeness (QED) is 0.124. The first-order valence-corrected chi connectivity index (χ1v) is 26.3. The van der Waals surface area contributed by atoms with Crippen molar-refractivity contribution in [1.29, 1.82) is 0 Å². The summed E-state index contributed by atoms with van der Waals surface area (Å²) in [5, 5.41) is 11.4. The van der Waals surface area contributed by atoms with Crippen molar-refractivity contribution < 1.29 is 4.42 Å². The molecule has 12 rings (SSSR count). The summed E-state index contributed by atoms with van der Waals surface area (Å²) in [7, 11) is -4.66. The molecule has 0 amide bonds. The Morgan fingerprint density at radius 3 is 1.56 bits per heavy atom. The molecule has 0 spiro atoms. The molecule has 0 atom stereocenters. The van der Waals surface area contributed by atoms with Gasteiger partial charge in [-0.3, -0.25) is 0 Å². The maximum absolute atomic E-state index is 6.85. The number of hydrogen-bond acceptors (Lipinski definition) is 4. The molecule has 0 unspecified atom stereocenters. The highest BCUT2D eigenvalue weighted by Gasteiger charge is 2.41. The molecule has 3 heterocycles. The molecule has 0 N–H and O–H groups in total. The topological polar surface area (TPSA) is 42.2 Å². The van der Waals surface area contributed by atoms with Gasteiger partial charge >= 0.3 is 0 Å². The first-order chi connectivity index (χ1) is 30.5. The van der Waals surface area contributed by atoms with Crippen LogP contribution in [0.2, 0.25) is 13.1 Å². The van der Waals surface area contributed by atoms with Crippen LogP contribution in [0, 0.1) is 0 Å². The van der Waals surface area contributed by atoms with Gasteiger partial charge in [0.15, 0.2) is 8.07 Å². The zero-order valence-corrected chi connectivity index (χ0v) is 36.5. The second-order valence-corrected chi connectivity index (χ2v) is 25.1. The van der Waals surface area contributed by atoms with E-state index in [0.717, 1.165) is 55.1 Å². The van der Waals surface area contributed by atoms with E-state index < -0.39 is 16.1 Å². The number of furan rings is 1. The van der Waals surface area contributed by atoms with Gasteiger partial charge in [-0.05, 0) is 89.9 Å². The van der Waals surface area contributed by atoms with Gasteiger partial charge in [-0.25, -0.2) is 9.97 Å².